The Bertz CT molecular complexity index is 879. The second-order valence-electron chi connectivity index (χ2n) is 6.85. The van der Waals surface area contributed by atoms with Gasteiger partial charge in [0.1, 0.15) is 30.2 Å². The minimum atomic E-state index is -3.94. The van der Waals surface area contributed by atoms with Crippen molar-refractivity contribution in [3.05, 3.63) is 54.6 Å². The lowest BCUT2D eigenvalue weighted by atomic mass is 9.99. The summed E-state index contributed by atoms with van der Waals surface area (Å²) in [7, 11) is -3.94. The van der Waals surface area contributed by atoms with E-state index in [1.165, 1.54) is 0 Å². The highest BCUT2D eigenvalue weighted by Crippen LogP contribution is 2.44. The highest BCUT2D eigenvalue weighted by molar-refractivity contribution is 7.48. The summed E-state index contributed by atoms with van der Waals surface area (Å²) in [4.78, 5) is 0. The van der Waals surface area contributed by atoms with Gasteiger partial charge in [0, 0.05) is 0 Å². The van der Waals surface area contributed by atoms with Crippen molar-refractivity contribution < 1.29 is 59.7 Å². The summed E-state index contributed by atoms with van der Waals surface area (Å²) in [6, 6.07) is 16.8. The molecule has 2 aromatic rings. The van der Waals surface area contributed by atoms with E-state index in [1.54, 1.807) is 12.1 Å². The first-order valence-corrected chi connectivity index (χ1v) is 11.0. The largest absolute Gasteiger partial charge is 0.569 e. The lowest BCUT2D eigenvalue weighted by molar-refractivity contribution is -0.684. The summed E-state index contributed by atoms with van der Waals surface area (Å²) in [6.45, 7) is -0.841. The molecule has 9 N–H and O–H groups in total. The zero-order valence-corrected chi connectivity index (χ0v) is 18.0. The SMILES string of the molecule is [NH3+]OP(=O)(O[NH3+])OCOC[C@H]1O[C@H](Oc2ccc(-c3ccccc3)cc2)[C@@H](O)[C@@H](O)[C@@H]1O. The van der Waals surface area contributed by atoms with Crippen LogP contribution in [-0.4, -0.2) is 59.4 Å². The molecule has 0 amide bonds. The van der Waals surface area contributed by atoms with Crippen molar-refractivity contribution in [2.45, 2.75) is 30.7 Å². The third-order valence-corrected chi connectivity index (χ3v) is 5.83. The van der Waals surface area contributed by atoms with Gasteiger partial charge >= 0.3 is 7.82 Å². The number of rotatable bonds is 10. The molecule has 1 aliphatic heterocycles. The molecule has 0 aliphatic carbocycles. The van der Waals surface area contributed by atoms with Crippen LogP contribution in [0.3, 0.4) is 0 Å². The van der Waals surface area contributed by atoms with E-state index >= 15 is 0 Å². The van der Waals surface area contributed by atoms with Gasteiger partial charge in [0.2, 0.25) is 6.29 Å². The van der Waals surface area contributed by atoms with Crippen LogP contribution in [-0.2, 0) is 27.8 Å². The van der Waals surface area contributed by atoms with Crippen molar-refractivity contribution in [3.8, 4) is 16.9 Å². The monoisotopic (exact) mass is 474 g/mol. The summed E-state index contributed by atoms with van der Waals surface area (Å²) in [6.07, 6.45) is -6.88. The molecule has 1 fully saturated rings. The Balaban J connectivity index is 1.58. The molecule has 13 heteroatoms. The van der Waals surface area contributed by atoms with Gasteiger partial charge < -0.3 is 29.5 Å². The third-order valence-electron chi connectivity index (χ3n) is 4.77. The Hall–Kier alpha value is -1.93. The van der Waals surface area contributed by atoms with E-state index in [1.807, 2.05) is 42.5 Å². The van der Waals surface area contributed by atoms with Crippen molar-refractivity contribution in [1.29, 1.82) is 0 Å². The third kappa shape index (κ3) is 6.10. The summed E-state index contributed by atoms with van der Waals surface area (Å²) in [5.74, 6) is 6.29. The predicted octanol–water partition coefficient (Wildman–Crippen LogP) is -1.01. The predicted molar refractivity (Wildman–Crippen MR) is 107 cm³/mol. The number of phosphoric acid groups is 1. The minimum absolute atomic E-state index is 0.286. The molecule has 1 aliphatic rings. The van der Waals surface area contributed by atoms with E-state index in [9.17, 15) is 19.9 Å². The lowest BCUT2D eigenvalue weighted by Gasteiger charge is -2.40. The van der Waals surface area contributed by atoms with E-state index in [0.29, 0.717) is 5.75 Å². The fraction of sp³-hybridized carbons (Fsp3) is 0.368. The molecule has 0 saturated carbocycles. The fourth-order valence-corrected chi connectivity index (χ4v) is 3.45. The highest BCUT2D eigenvalue weighted by Gasteiger charge is 2.45. The molecule has 32 heavy (non-hydrogen) atoms. The first-order valence-electron chi connectivity index (χ1n) is 9.58. The van der Waals surface area contributed by atoms with Gasteiger partial charge in [-0.15, -0.1) is 0 Å². The number of ether oxygens (including phenoxy) is 3. The minimum Gasteiger partial charge on any atom is -0.462 e. The molecule has 0 radical (unpaired) electrons. The van der Waals surface area contributed by atoms with Crippen molar-refractivity contribution >= 4 is 7.82 Å². The molecule has 0 aromatic heterocycles. The van der Waals surface area contributed by atoms with E-state index in [2.05, 4.69) is 21.0 Å². The molecule has 0 spiro atoms. The average molecular weight is 474 g/mol. The van der Waals surface area contributed by atoms with Gasteiger partial charge in [-0.05, 0) is 23.3 Å². The van der Waals surface area contributed by atoms with E-state index in [0.717, 1.165) is 11.1 Å². The van der Waals surface area contributed by atoms with Crippen molar-refractivity contribution in [3.63, 3.8) is 0 Å². The standard InChI is InChI=1S/C19H27N2O10P/c20-30-32(25,31-21)27-11-26-10-15-16(22)17(23)18(24)19(29-15)28-14-8-6-13(7-9-14)12-4-2-1-3-5-12/h1-9,15-19,22-24H,10-11H2,20-21H3/q+2/t15-,16-,17+,18+,19+/m1/s1. The van der Waals surface area contributed by atoms with Gasteiger partial charge in [0.25, 0.3) is 0 Å². The Morgan fingerprint density at radius 3 is 2.12 bits per heavy atom. The highest BCUT2D eigenvalue weighted by atomic mass is 31.2. The Morgan fingerprint density at radius 2 is 1.50 bits per heavy atom. The molecular formula is C19H27N2O10P+2. The second kappa shape index (κ2) is 11.3. The maximum absolute atomic E-state index is 11.7. The molecular weight excluding hydrogens is 447 g/mol. The summed E-state index contributed by atoms with van der Waals surface area (Å²) < 4.78 is 41.4. The van der Waals surface area contributed by atoms with Crippen LogP contribution < -0.4 is 16.5 Å². The smallest absolute Gasteiger partial charge is 0.462 e. The number of aliphatic hydroxyl groups excluding tert-OH is 3. The van der Waals surface area contributed by atoms with Crippen LogP contribution in [0.15, 0.2) is 54.6 Å². The molecule has 2 aromatic carbocycles. The Morgan fingerprint density at radius 1 is 0.875 bits per heavy atom. The quantitative estimate of drug-likeness (QED) is 0.123. The Labute approximate surface area is 183 Å². The van der Waals surface area contributed by atoms with Crippen molar-refractivity contribution in [2.75, 3.05) is 13.4 Å². The molecule has 3 rings (SSSR count). The van der Waals surface area contributed by atoms with Crippen molar-refractivity contribution in [1.82, 2.24) is 0 Å². The van der Waals surface area contributed by atoms with Crippen LogP contribution in [0.1, 0.15) is 0 Å². The van der Waals surface area contributed by atoms with Crippen LogP contribution in [0.4, 0.5) is 0 Å². The van der Waals surface area contributed by atoms with Crippen LogP contribution in [0.5, 0.6) is 5.75 Å². The van der Waals surface area contributed by atoms with E-state index < -0.39 is 45.3 Å². The first kappa shape index (κ1) is 24.7. The fourth-order valence-electron chi connectivity index (χ4n) is 3.02. The number of benzene rings is 2. The van der Waals surface area contributed by atoms with E-state index in [4.69, 9.17) is 18.7 Å². The lowest BCUT2D eigenvalue weighted by Crippen LogP contribution is -2.60. The van der Waals surface area contributed by atoms with Crippen LogP contribution in [0.25, 0.3) is 11.1 Å². The van der Waals surface area contributed by atoms with Crippen LogP contribution in [0.2, 0.25) is 0 Å². The first-order chi connectivity index (χ1) is 15.4. The maximum Gasteiger partial charge on any atom is 0.569 e. The van der Waals surface area contributed by atoms with Crippen LogP contribution >= 0.6 is 7.82 Å². The number of hydrogen-bond donors (Lipinski definition) is 5. The number of hydrogen-bond acceptors (Lipinski definition) is 10. The maximum atomic E-state index is 11.7. The zero-order valence-electron chi connectivity index (χ0n) is 17.1. The van der Waals surface area contributed by atoms with Crippen LogP contribution in [0, 0.1) is 0 Å². The van der Waals surface area contributed by atoms with E-state index in [-0.39, 0.29) is 6.61 Å². The van der Waals surface area contributed by atoms with Crippen molar-refractivity contribution in [2.24, 2.45) is 0 Å². The van der Waals surface area contributed by atoms with Gasteiger partial charge in [-0.2, -0.15) is 0 Å². The summed E-state index contributed by atoms with van der Waals surface area (Å²) >= 11 is 0. The zero-order chi connectivity index (χ0) is 23.1. The van der Waals surface area contributed by atoms with Gasteiger partial charge in [-0.25, -0.2) is 16.4 Å². The number of aliphatic hydroxyl groups is 3. The molecule has 12 nitrogen and oxygen atoms in total. The molecule has 1 saturated heterocycles. The molecule has 176 valence electrons. The molecule has 5 atom stereocenters. The topological polar surface area (TPSA) is 188 Å². The van der Waals surface area contributed by atoms with Gasteiger partial charge in [0.15, 0.2) is 6.79 Å². The number of quaternary nitrogens is 2. The van der Waals surface area contributed by atoms with Gasteiger partial charge in [-0.1, -0.05) is 51.7 Å². The molecule has 0 bridgehead atoms. The Kier molecular flexibility index (Phi) is 8.71. The summed E-state index contributed by atoms with van der Waals surface area (Å²) in [5.41, 5.74) is 2.00. The average Bonchev–Trinajstić information content (AvgIpc) is 2.83. The normalized spacial score (nSPS) is 26.1. The second-order valence-corrected chi connectivity index (χ2v) is 8.52. The van der Waals surface area contributed by atoms with Gasteiger partial charge in [0.05, 0.1) is 6.61 Å². The molecule has 0 unspecified atom stereocenters. The summed E-state index contributed by atoms with van der Waals surface area (Å²) in [5, 5.41) is 30.6. The molecule has 1 heterocycles. The van der Waals surface area contributed by atoms with Gasteiger partial charge in [-0.3, -0.25) is 4.52 Å².